The Labute approximate surface area is 221 Å². The van der Waals surface area contributed by atoms with Gasteiger partial charge in [-0.3, -0.25) is 14.4 Å². The second-order valence-electron chi connectivity index (χ2n) is 11.2. The van der Waals surface area contributed by atoms with Crippen LogP contribution >= 0.6 is 0 Å². The maximum Gasteiger partial charge on any atom is 0.229 e. The van der Waals surface area contributed by atoms with Gasteiger partial charge in [-0.2, -0.15) is 0 Å². The minimum atomic E-state index is -0.449. The van der Waals surface area contributed by atoms with E-state index in [1.54, 1.807) is 21.0 Å². The van der Waals surface area contributed by atoms with Gasteiger partial charge in [-0.15, -0.1) is 0 Å². The van der Waals surface area contributed by atoms with E-state index in [2.05, 4.69) is 38.1 Å². The average Bonchev–Trinajstić information content (AvgIpc) is 3.25. The van der Waals surface area contributed by atoms with E-state index in [-0.39, 0.29) is 29.3 Å². The molecule has 4 heteroatoms. The molecule has 0 aliphatic heterocycles. The number of benzene rings is 2. The van der Waals surface area contributed by atoms with Crippen molar-refractivity contribution in [2.75, 3.05) is 7.11 Å². The Morgan fingerprint density at radius 2 is 1.68 bits per heavy atom. The van der Waals surface area contributed by atoms with Gasteiger partial charge >= 0.3 is 0 Å². The molecule has 4 nitrogen and oxygen atoms in total. The fraction of sp³-hybridized carbons (Fsp3) is 0.485. The summed E-state index contributed by atoms with van der Waals surface area (Å²) in [5.41, 5.74) is 5.34. The van der Waals surface area contributed by atoms with Gasteiger partial charge in [0, 0.05) is 23.3 Å². The number of hydrogen-bond donors (Lipinski definition) is 0. The zero-order valence-electron chi connectivity index (χ0n) is 22.9. The van der Waals surface area contributed by atoms with Gasteiger partial charge < -0.3 is 4.74 Å². The maximum absolute atomic E-state index is 13.8. The normalized spacial score (nSPS) is 20.9. The molecule has 0 heterocycles. The van der Waals surface area contributed by atoms with Crippen molar-refractivity contribution in [1.29, 1.82) is 0 Å². The van der Waals surface area contributed by atoms with Crippen LogP contribution in [0, 0.1) is 24.7 Å². The largest absolute Gasteiger partial charge is 0.496 e. The molecule has 1 unspecified atom stereocenters. The van der Waals surface area contributed by atoms with E-state index in [0.717, 1.165) is 56.1 Å². The number of allylic oxidation sites excluding steroid dienone is 2. The topological polar surface area (TPSA) is 60.4 Å². The Kier molecular flexibility index (Phi) is 8.46. The van der Waals surface area contributed by atoms with Crippen molar-refractivity contribution in [3.63, 3.8) is 0 Å². The van der Waals surface area contributed by atoms with Crippen molar-refractivity contribution in [3.8, 4) is 5.75 Å². The first-order chi connectivity index (χ1) is 17.7. The monoisotopic (exact) mass is 500 g/mol. The minimum Gasteiger partial charge on any atom is -0.496 e. The molecule has 4 rings (SSSR count). The van der Waals surface area contributed by atoms with Gasteiger partial charge in [0.2, 0.25) is 11.6 Å². The van der Waals surface area contributed by atoms with Crippen molar-refractivity contribution in [2.24, 2.45) is 17.8 Å². The number of carbonyl (C=O) groups excluding carboxylic acids is 3. The predicted molar refractivity (Wildman–Crippen MR) is 148 cm³/mol. The first-order valence-corrected chi connectivity index (χ1v) is 13.9. The lowest BCUT2D eigenvalue weighted by molar-refractivity contribution is -0.135. The molecule has 1 saturated carbocycles. The summed E-state index contributed by atoms with van der Waals surface area (Å²) in [6.07, 6.45) is 8.60. The summed E-state index contributed by atoms with van der Waals surface area (Å²) in [7, 11) is 1.60. The van der Waals surface area contributed by atoms with Crippen LogP contribution in [0.4, 0.5) is 0 Å². The predicted octanol–water partition coefficient (Wildman–Crippen LogP) is 7.31. The van der Waals surface area contributed by atoms with Gasteiger partial charge in [-0.05, 0) is 80.2 Å². The van der Waals surface area contributed by atoms with Crippen molar-refractivity contribution in [2.45, 2.75) is 78.6 Å². The number of aryl methyl sites for hydroxylation is 1. The molecule has 2 aromatic rings. The molecular weight excluding hydrogens is 460 g/mol. The van der Waals surface area contributed by atoms with Crippen LogP contribution in [0.2, 0.25) is 0 Å². The molecule has 0 spiro atoms. The second-order valence-corrected chi connectivity index (χ2v) is 11.2. The van der Waals surface area contributed by atoms with Gasteiger partial charge in [-0.1, -0.05) is 63.1 Å². The highest BCUT2D eigenvalue weighted by atomic mass is 16.5. The molecular formula is C33H40O4. The fourth-order valence-electron chi connectivity index (χ4n) is 5.93. The Morgan fingerprint density at radius 1 is 1.00 bits per heavy atom. The van der Waals surface area contributed by atoms with Gasteiger partial charge in [0.15, 0.2) is 5.78 Å². The van der Waals surface area contributed by atoms with E-state index >= 15 is 0 Å². The Hall–Kier alpha value is -3.01. The quantitative estimate of drug-likeness (QED) is 0.253. The average molecular weight is 501 g/mol. The van der Waals surface area contributed by atoms with Crippen molar-refractivity contribution < 1.29 is 19.1 Å². The van der Waals surface area contributed by atoms with Gasteiger partial charge in [0.05, 0.1) is 12.7 Å². The fourth-order valence-corrected chi connectivity index (χ4v) is 5.93. The smallest absolute Gasteiger partial charge is 0.229 e. The van der Waals surface area contributed by atoms with Crippen LogP contribution in [-0.2, 0) is 16.0 Å². The zero-order chi connectivity index (χ0) is 26.7. The van der Waals surface area contributed by atoms with Crippen LogP contribution in [-0.4, -0.2) is 24.5 Å². The standard InChI is InChI=1S/C33H40O4/c1-6-7-25-17-28(33(36)31(34)20(2)3)27-18-29(30(37-5)19-26(25)27)32(35)24-14-12-23(13-15-24)16-22-10-8-21(4)9-11-22/h8-11,17-20,23-25H,6-7,12-16H2,1-5H3. The van der Waals surface area contributed by atoms with Crippen LogP contribution in [0.3, 0.4) is 0 Å². The van der Waals surface area contributed by atoms with E-state index in [0.29, 0.717) is 22.8 Å². The molecule has 1 atom stereocenters. The molecule has 0 N–H and O–H groups in total. The summed E-state index contributed by atoms with van der Waals surface area (Å²) in [6.45, 7) is 7.71. The third-order valence-electron chi connectivity index (χ3n) is 8.15. The number of methoxy groups -OCH3 is 1. The van der Waals surface area contributed by atoms with E-state index < -0.39 is 5.78 Å². The molecule has 0 saturated heterocycles. The Bertz CT molecular complexity index is 1190. The summed E-state index contributed by atoms with van der Waals surface area (Å²) in [5, 5.41) is 0. The number of ether oxygens (including phenoxy) is 1. The summed E-state index contributed by atoms with van der Waals surface area (Å²) >= 11 is 0. The molecule has 0 amide bonds. The Morgan fingerprint density at radius 3 is 2.27 bits per heavy atom. The number of carbonyl (C=O) groups is 3. The summed E-state index contributed by atoms with van der Waals surface area (Å²) in [6, 6.07) is 12.5. The second kappa shape index (κ2) is 11.6. The summed E-state index contributed by atoms with van der Waals surface area (Å²) in [5.74, 6) is 0.0658. The number of fused-ring (bicyclic) bond motifs is 1. The zero-order valence-corrected chi connectivity index (χ0v) is 22.9. The van der Waals surface area contributed by atoms with E-state index in [9.17, 15) is 14.4 Å². The molecule has 2 aromatic carbocycles. The highest BCUT2D eigenvalue weighted by Gasteiger charge is 2.35. The Balaban J connectivity index is 1.55. The lowest BCUT2D eigenvalue weighted by Gasteiger charge is -2.28. The van der Waals surface area contributed by atoms with Crippen molar-refractivity contribution in [1.82, 2.24) is 0 Å². The maximum atomic E-state index is 13.8. The molecule has 1 fully saturated rings. The summed E-state index contributed by atoms with van der Waals surface area (Å²) < 4.78 is 5.70. The highest BCUT2D eigenvalue weighted by Crippen LogP contribution is 2.44. The first kappa shape index (κ1) is 27.0. The number of rotatable bonds is 10. The third kappa shape index (κ3) is 5.79. The number of Topliss-reactive ketones (excluding diaryl/α,β-unsaturated/α-hetero) is 3. The lowest BCUT2D eigenvalue weighted by Crippen LogP contribution is -2.24. The molecule has 196 valence electrons. The van der Waals surface area contributed by atoms with Crippen LogP contribution in [0.1, 0.15) is 97.8 Å². The molecule has 0 bridgehead atoms. The highest BCUT2D eigenvalue weighted by molar-refractivity contribution is 6.54. The van der Waals surface area contributed by atoms with E-state index in [1.165, 1.54) is 11.1 Å². The SMILES string of the molecule is CCCC1C=C(C(=O)C(=O)C(C)C)c2cc(C(=O)C3CCC(Cc4ccc(C)cc4)CC3)c(OC)cc21. The van der Waals surface area contributed by atoms with Crippen molar-refractivity contribution >= 4 is 22.9 Å². The first-order valence-electron chi connectivity index (χ1n) is 13.9. The van der Waals surface area contributed by atoms with Gasteiger partial charge in [0.1, 0.15) is 5.75 Å². The summed E-state index contributed by atoms with van der Waals surface area (Å²) in [4.78, 5) is 39.5. The van der Waals surface area contributed by atoms with Crippen molar-refractivity contribution in [3.05, 3.63) is 70.3 Å². The molecule has 0 aromatic heterocycles. The van der Waals surface area contributed by atoms with E-state index in [1.807, 2.05) is 18.2 Å². The van der Waals surface area contributed by atoms with Gasteiger partial charge in [-0.25, -0.2) is 0 Å². The van der Waals surface area contributed by atoms with Crippen LogP contribution in [0.25, 0.3) is 5.57 Å². The molecule has 0 radical (unpaired) electrons. The van der Waals surface area contributed by atoms with Crippen LogP contribution < -0.4 is 4.74 Å². The van der Waals surface area contributed by atoms with Crippen LogP contribution in [0.15, 0.2) is 42.5 Å². The molecule has 2 aliphatic carbocycles. The molecule has 37 heavy (non-hydrogen) atoms. The van der Waals surface area contributed by atoms with Gasteiger partial charge in [0.25, 0.3) is 0 Å². The minimum absolute atomic E-state index is 0.0468. The molecule has 2 aliphatic rings. The van der Waals surface area contributed by atoms with Crippen LogP contribution in [0.5, 0.6) is 5.75 Å². The number of ketones is 3. The lowest BCUT2D eigenvalue weighted by atomic mass is 9.76. The third-order valence-corrected chi connectivity index (χ3v) is 8.15. The number of hydrogen-bond acceptors (Lipinski definition) is 4. The van der Waals surface area contributed by atoms with E-state index in [4.69, 9.17) is 4.74 Å².